The molecule has 148 valence electrons. The molecule has 1 atom stereocenters. The van der Waals surface area contributed by atoms with Gasteiger partial charge in [0, 0.05) is 11.0 Å². The molecule has 0 aliphatic carbocycles. The van der Waals surface area contributed by atoms with Crippen LogP contribution in [-0.2, 0) is 17.9 Å². The number of aromatic nitrogens is 4. The Morgan fingerprint density at radius 2 is 2.00 bits per heavy atom. The summed E-state index contributed by atoms with van der Waals surface area (Å²) in [5.41, 5.74) is 7.07. The molecule has 0 aliphatic rings. The predicted octanol–water partition coefficient (Wildman–Crippen LogP) is 0.817. The Labute approximate surface area is 172 Å². The number of hydrogen-bond acceptors (Lipinski definition) is 7. The highest BCUT2D eigenvalue weighted by Gasteiger charge is 2.17. The Morgan fingerprint density at radius 1 is 1.30 bits per heavy atom. The summed E-state index contributed by atoms with van der Waals surface area (Å²) in [6.45, 7) is 0.404. The maximum absolute atomic E-state index is 12.1. The zero-order valence-electron chi connectivity index (χ0n) is 14.7. The smallest absolute Gasteiger partial charge is 0.427 e. The zero-order chi connectivity index (χ0) is 18.9. The molecule has 0 fully saturated rings. The van der Waals surface area contributed by atoms with E-state index in [9.17, 15) is 4.79 Å². The molecule has 0 aliphatic heterocycles. The van der Waals surface area contributed by atoms with Crippen LogP contribution in [-0.4, -0.2) is 43.3 Å². The van der Waals surface area contributed by atoms with Crippen LogP contribution in [0.1, 0.15) is 36.7 Å². The van der Waals surface area contributed by atoms with Crippen molar-refractivity contribution in [1.29, 1.82) is 0 Å². The first-order chi connectivity index (χ1) is 12.5. The van der Waals surface area contributed by atoms with Gasteiger partial charge in [0.15, 0.2) is 5.82 Å². The summed E-state index contributed by atoms with van der Waals surface area (Å²) >= 11 is 3.37. The maximum atomic E-state index is 12.1. The van der Waals surface area contributed by atoms with Gasteiger partial charge in [0.25, 0.3) is 0 Å². The van der Waals surface area contributed by atoms with Crippen LogP contribution in [0.2, 0.25) is 6.32 Å². The number of hydrogen-bond donors (Lipinski definition) is 4. The second-order valence-electron chi connectivity index (χ2n) is 5.97. The number of unbranched alkanes of at least 4 members (excludes halogenated alkanes) is 1. The molecule has 9 nitrogen and oxygen atoms in total. The van der Waals surface area contributed by atoms with Crippen LogP contribution in [0.5, 0.6) is 0 Å². The summed E-state index contributed by atoms with van der Waals surface area (Å²) in [6, 6.07) is 7.25. The number of nitrogens with zero attached hydrogens (tertiary/aromatic N) is 4. The molecule has 1 aromatic heterocycles. The molecular formula is C15H23BBrClN6O3. The van der Waals surface area contributed by atoms with Gasteiger partial charge in [0.05, 0.1) is 6.04 Å². The second kappa shape index (κ2) is 12.0. The molecule has 0 spiro atoms. The Hall–Kier alpha value is -1.53. The molecule has 1 unspecified atom stereocenters. The third-order valence-electron chi connectivity index (χ3n) is 3.82. The van der Waals surface area contributed by atoms with Crippen LogP contribution in [0.25, 0.3) is 0 Å². The highest BCUT2D eigenvalue weighted by atomic mass is 79.9. The van der Waals surface area contributed by atoms with Crippen molar-refractivity contribution in [2.75, 3.05) is 0 Å². The van der Waals surface area contributed by atoms with Crippen molar-refractivity contribution >= 4 is 41.4 Å². The maximum Gasteiger partial charge on any atom is 0.451 e. The number of benzene rings is 1. The van der Waals surface area contributed by atoms with Gasteiger partial charge < -0.3 is 21.1 Å². The van der Waals surface area contributed by atoms with E-state index in [4.69, 9.17) is 15.8 Å². The van der Waals surface area contributed by atoms with Gasteiger partial charge in [-0.25, -0.2) is 4.68 Å². The summed E-state index contributed by atoms with van der Waals surface area (Å²) in [5, 5.41) is 31.8. The van der Waals surface area contributed by atoms with Crippen LogP contribution >= 0.6 is 28.3 Å². The van der Waals surface area contributed by atoms with E-state index < -0.39 is 13.2 Å². The largest absolute Gasteiger partial charge is 0.451 e. The Kier molecular flexibility index (Phi) is 10.5. The summed E-state index contributed by atoms with van der Waals surface area (Å²) in [5.74, 6) is 0.227. The van der Waals surface area contributed by atoms with Crippen LogP contribution in [0.15, 0.2) is 28.7 Å². The van der Waals surface area contributed by atoms with E-state index in [2.05, 4.69) is 36.8 Å². The molecule has 5 N–H and O–H groups in total. The molecule has 1 amide bonds. The first-order valence-corrected chi connectivity index (χ1v) is 9.14. The van der Waals surface area contributed by atoms with Gasteiger partial charge in [-0.1, -0.05) is 40.9 Å². The molecule has 0 bridgehead atoms. The van der Waals surface area contributed by atoms with Crippen LogP contribution in [0.3, 0.4) is 0 Å². The van der Waals surface area contributed by atoms with Crippen molar-refractivity contribution in [3.05, 3.63) is 40.1 Å². The lowest BCUT2D eigenvalue weighted by molar-refractivity contribution is -0.122. The minimum Gasteiger partial charge on any atom is -0.427 e. The second-order valence-corrected chi connectivity index (χ2v) is 6.89. The first-order valence-electron chi connectivity index (χ1n) is 8.34. The summed E-state index contributed by atoms with van der Waals surface area (Å²) < 4.78 is 2.37. The number of halogens is 2. The number of nitrogens with one attached hydrogen (secondary N) is 1. The van der Waals surface area contributed by atoms with Crippen molar-refractivity contribution in [2.24, 2.45) is 5.73 Å². The third kappa shape index (κ3) is 8.35. The average Bonchev–Trinajstić information content (AvgIpc) is 3.06. The quantitative estimate of drug-likeness (QED) is 0.303. The highest BCUT2D eigenvalue weighted by molar-refractivity contribution is 9.10. The average molecular weight is 462 g/mol. The van der Waals surface area contributed by atoms with Crippen molar-refractivity contribution in [3.63, 3.8) is 0 Å². The van der Waals surface area contributed by atoms with Crippen molar-refractivity contribution < 1.29 is 14.8 Å². The van der Waals surface area contributed by atoms with Crippen LogP contribution in [0, 0.1) is 0 Å². The number of amides is 1. The summed E-state index contributed by atoms with van der Waals surface area (Å²) in [6.07, 6.45) is 2.24. The lowest BCUT2D eigenvalue weighted by Gasteiger charge is -2.12. The highest BCUT2D eigenvalue weighted by Crippen LogP contribution is 2.15. The van der Waals surface area contributed by atoms with E-state index in [1.54, 1.807) is 0 Å². The first kappa shape index (κ1) is 23.5. The Morgan fingerprint density at radius 3 is 2.67 bits per heavy atom. The van der Waals surface area contributed by atoms with E-state index in [-0.39, 0.29) is 24.9 Å². The van der Waals surface area contributed by atoms with E-state index in [0.717, 1.165) is 10.0 Å². The van der Waals surface area contributed by atoms with E-state index in [1.807, 2.05) is 24.3 Å². The van der Waals surface area contributed by atoms with Gasteiger partial charge in [-0.2, -0.15) is 0 Å². The zero-order valence-corrected chi connectivity index (χ0v) is 17.1. The molecular weight excluding hydrogens is 438 g/mol. The predicted molar refractivity (Wildman–Crippen MR) is 107 cm³/mol. The van der Waals surface area contributed by atoms with E-state index in [0.29, 0.717) is 38.0 Å². The molecule has 1 aromatic carbocycles. The number of rotatable bonds is 10. The molecule has 12 heteroatoms. The monoisotopic (exact) mass is 460 g/mol. The van der Waals surface area contributed by atoms with Gasteiger partial charge in [0.1, 0.15) is 6.54 Å². The van der Waals surface area contributed by atoms with E-state index in [1.165, 1.54) is 4.68 Å². The van der Waals surface area contributed by atoms with Crippen LogP contribution < -0.4 is 11.1 Å². The lowest BCUT2D eigenvalue weighted by Crippen LogP contribution is -2.29. The van der Waals surface area contributed by atoms with Gasteiger partial charge in [-0.15, -0.1) is 17.5 Å². The molecule has 2 rings (SSSR count). The van der Waals surface area contributed by atoms with Gasteiger partial charge in [0.2, 0.25) is 5.91 Å². The number of carbonyl (C=O) groups excluding carboxylic acids is 1. The van der Waals surface area contributed by atoms with Gasteiger partial charge in [-0.3, -0.25) is 4.79 Å². The normalized spacial score (nSPS) is 11.6. The number of tetrazole rings is 1. The minimum atomic E-state index is -1.30. The van der Waals surface area contributed by atoms with Crippen LogP contribution in [0.4, 0.5) is 0 Å². The van der Waals surface area contributed by atoms with E-state index >= 15 is 0 Å². The molecule has 27 heavy (non-hydrogen) atoms. The molecule has 0 saturated heterocycles. The van der Waals surface area contributed by atoms with Gasteiger partial charge >= 0.3 is 7.12 Å². The molecule has 0 saturated carbocycles. The van der Waals surface area contributed by atoms with Crippen molar-refractivity contribution in [2.45, 2.75) is 44.7 Å². The lowest BCUT2D eigenvalue weighted by atomic mass is 9.83. The molecule has 0 radical (unpaired) electrons. The summed E-state index contributed by atoms with van der Waals surface area (Å²) in [7, 11) is -1.30. The Bertz CT molecular complexity index is 703. The standard InChI is InChI=1S/C15H22BBrN6O3.ClH/c17-12-6-4-11(5-7-12)9-19-14(24)10-23-15(20-21-22-23)13(18)3-1-2-8-16(25)26;/h4-7,13,25-26H,1-3,8-10,18H2,(H,19,24);1H. The third-order valence-corrected chi connectivity index (χ3v) is 4.34. The molecule has 1 heterocycles. The molecule has 2 aromatic rings. The SMILES string of the molecule is Cl.NC(CCCCB(O)O)c1nnnn1CC(=O)NCc1ccc(Br)cc1. The minimum absolute atomic E-state index is 0. The summed E-state index contributed by atoms with van der Waals surface area (Å²) in [4.78, 5) is 12.1. The topological polar surface area (TPSA) is 139 Å². The van der Waals surface area contributed by atoms with Gasteiger partial charge in [-0.05, 0) is 40.9 Å². The Balaban J connectivity index is 0.00000364. The number of nitrogens with two attached hydrogens (primary N) is 1. The fraction of sp³-hybridized carbons (Fsp3) is 0.467. The fourth-order valence-electron chi connectivity index (χ4n) is 2.40. The van der Waals surface area contributed by atoms with Crippen molar-refractivity contribution in [3.8, 4) is 0 Å². The van der Waals surface area contributed by atoms with Crippen molar-refractivity contribution in [1.82, 2.24) is 25.5 Å². The fourth-order valence-corrected chi connectivity index (χ4v) is 2.67. The number of carbonyl (C=O) groups is 1.